The Hall–Kier alpha value is -3.45. The summed E-state index contributed by atoms with van der Waals surface area (Å²) in [4.78, 5) is 24.5. The summed E-state index contributed by atoms with van der Waals surface area (Å²) < 4.78 is 63.6. The van der Waals surface area contributed by atoms with Gasteiger partial charge in [-0.1, -0.05) is 0 Å². The van der Waals surface area contributed by atoms with Crippen molar-refractivity contribution in [2.75, 3.05) is 32.6 Å². The maximum atomic E-state index is 15.2. The first-order valence-corrected chi connectivity index (χ1v) is 10.7. The maximum absolute atomic E-state index is 15.2. The molecule has 1 aromatic heterocycles. The van der Waals surface area contributed by atoms with E-state index in [4.69, 9.17) is 19.9 Å². The molecule has 0 radical (unpaired) electrons. The summed E-state index contributed by atoms with van der Waals surface area (Å²) in [6, 6.07) is 3.39. The number of carbonyl (C=O) groups excluding carboxylic acids is 1. The average Bonchev–Trinajstić information content (AvgIpc) is 3.16. The standard InChI is InChI=1S/C22H24F3N5O5/c1-11-19-18(16(34-11)8-32-2)22(9-23,30-21(26)35-19)13-5-12(3-4-14(13)25)29-20(31)15-6-28-17(7-27-15)33-10-24/h3-7,11,16,18-19H,8-10H2,1-2H3,(H2,26,30)(H,29,31)/t11-,16+,18+,19-,22-/m1/s1. The Morgan fingerprint density at radius 2 is 2.09 bits per heavy atom. The van der Waals surface area contributed by atoms with Gasteiger partial charge < -0.3 is 30.0 Å². The Bertz CT molecular complexity index is 1110. The zero-order chi connectivity index (χ0) is 25.2. The van der Waals surface area contributed by atoms with Crippen molar-refractivity contribution in [3.63, 3.8) is 0 Å². The van der Waals surface area contributed by atoms with Gasteiger partial charge in [-0.25, -0.2) is 28.1 Å². The number of hydrogen-bond acceptors (Lipinski definition) is 9. The van der Waals surface area contributed by atoms with Crippen molar-refractivity contribution in [3.05, 3.63) is 47.7 Å². The number of anilines is 1. The summed E-state index contributed by atoms with van der Waals surface area (Å²) in [6.07, 6.45) is 0.356. The number of benzene rings is 1. The molecule has 188 valence electrons. The van der Waals surface area contributed by atoms with Crippen LogP contribution in [-0.4, -0.2) is 67.5 Å². The summed E-state index contributed by atoms with van der Waals surface area (Å²) in [5.41, 5.74) is 4.01. The van der Waals surface area contributed by atoms with E-state index in [0.29, 0.717) is 0 Å². The third-order valence-electron chi connectivity index (χ3n) is 6.01. The second-order valence-corrected chi connectivity index (χ2v) is 8.09. The van der Waals surface area contributed by atoms with Crippen LogP contribution < -0.4 is 15.8 Å². The number of methoxy groups -OCH3 is 1. The minimum atomic E-state index is -1.78. The first kappa shape index (κ1) is 24.7. The number of alkyl halides is 2. The molecule has 10 nitrogen and oxygen atoms in total. The van der Waals surface area contributed by atoms with Gasteiger partial charge in [0.2, 0.25) is 12.7 Å². The van der Waals surface area contributed by atoms with Crippen molar-refractivity contribution in [2.45, 2.75) is 30.8 Å². The number of aliphatic imine (C=N–C) groups is 1. The number of amides is 1. The van der Waals surface area contributed by atoms with E-state index >= 15 is 4.39 Å². The van der Waals surface area contributed by atoms with Gasteiger partial charge in [0.05, 0.1) is 37.1 Å². The first-order chi connectivity index (χ1) is 16.8. The van der Waals surface area contributed by atoms with Crippen LogP contribution in [0, 0.1) is 11.7 Å². The third-order valence-corrected chi connectivity index (χ3v) is 6.01. The fourth-order valence-corrected chi connectivity index (χ4v) is 4.56. The minimum absolute atomic E-state index is 0.0962. The van der Waals surface area contributed by atoms with Crippen LogP contribution in [0.4, 0.5) is 18.9 Å². The lowest BCUT2D eigenvalue weighted by Gasteiger charge is -2.42. The minimum Gasteiger partial charge on any atom is -0.459 e. The van der Waals surface area contributed by atoms with Gasteiger partial charge in [0, 0.05) is 18.4 Å². The van der Waals surface area contributed by atoms with Crippen molar-refractivity contribution < 1.29 is 36.9 Å². The Morgan fingerprint density at radius 3 is 2.74 bits per heavy atom. The summed E-state index contributed by atoms with van der Waals surface area (Å²) in [6.45, 7) is -0.355. The van der Waals surface area contributed by atoms with Crippen LogP contribution in [-0.2, 0) is 19.7 Å². The molecule has 0 spiro atoms. The number of fused-ring (bicyclic) bond motifs is 1. The first-order valence-electron chi connectivity index (χ1n) is 10.7. The molecule has 1 saturated heterocycles. The number of hydrogen-bond donors (Lipinski definition) is 2. The van der Waals surface area contributed by atoms with E-state index in [2.05, 4.69) is 25.0 Å². The number of nitrogens with one attached hydrogen (secondary N) is 1. The van der Waals surface area contributed by atoms with Crippen LogP contribution in [0.3, 0.4) is 0 Å². The normalized spacial score (nSPS) is 27.5. The van der Waals surface area contributed by atoms with Crippen molar-refractivity contribution >= 4 is 17.6 Å². The average molecular weight is 495 g/mol. The van der Waals surface area contributed by atoms with Gasteiger partial charge in [0.1, 0.15) is 29.8 Å². The molecule has 2 aliphatic rings. The van der Waals surface area contributed by atoms with Gasteiger partial charge in [-0.3, -0.25) is 4.79 Å². The van der Waals surface area contributed by atoms with Gasteiger partial charge >= 0.3 is 0 Å². The SMILES string of the molecule is COC[C@@H]1O[C@H](C)[C@H]2OC(N)=N[C@](CF)(c3cc(NC(=O)c4cnc(OCF)cn4)ccc3F)[C@H]21. The highest BCUT2D eigenvalue weighted by molar-refractivity contribution is 6.02. The summed E-state index contributed by atoms with van der Waals surface area (Å²) >= 11 is 0. The zero-order valence-electron chi connectivity index (χ0n) is 18.9. The molecule has 2 aromatic rings. The van der Waals surface area contributed by atoms with E-state index in [-0.39, 0.29) is 35.5 Å². The van der Waals surface area contributed by atoms with Gasteiger partial charge in [0.25, 0.3) is 11.9 Å². The van der Waals surface area contributed by atoms with Gasteiger partial charge in [0.15, 0.2) is 0 Å². The predicted octanol–water partition coefficient (Wildman–Crippen LogP) is 2.10. The van der Waals surface area contributed by atoms with Crippen molar-refractivity contribution in [3.8, 4) is 5.88 Å². The van der Waals surface area contributed by atoms with Gasteiger partial charge in [-0.15, -0.1) is 0 Å². The van der Waals surface area contributed by atoms with E-state index in [1.54, 1.807) is 6.92 Å². The smallest absolute Gasteiger partial charge is 0.283 e. The molecule has 5 atom stereocenters. The number of ether oxygens (including phenoxy) is 4. The highest BCUT2D eigenvalue weighted by Crippen LogP contribution is 2.49. The second-order valence-electron chi connectivity index (χ2n) is 8.09. The summed E-state index contributed by atoms with van der Waals surface area (Å²) in [5.74, 6) is -2.29. The van der Waals surface area contributed by atoms with E-state index < -0.39 is 55.0 Å². The molecule has 3 heterocycles. The van der Waals surface area contributed by atoms with E-state index in [9.17, 15) is 13.6 Å². The molecule has 1 amide bonds. The molecule has 0 aliphatic carbocycles. The third kappa shape index (κ3) is 4.60. The van der Waals surface area contributed by atoms with E-state index in [1.807, 2.05) is 0 Å². The van der Waals surface area contributed by atoms with Crippen molar-refractivity contribution in [2.24, 2.45) is 16.6 Å². The highest BCUT2D eigenvalue weighted by Gasteiger charge is 2.59. The molecular formula is C22H24F3N5O5. The Morgan fingerprint density at radius 1 is 1.29 bits per heavy atom. The molecule has 1 aromatic carbocycles. The molecule has 3 N–H and O–H groups in total. The van der Waals surface area contributed by atoms with Gasteiger partial charge in [-0.05, 0) is 25.1 Å². The van der Waals surface area contributed by atoms with E-state index in [1.165, 1.54) is 19.2 Å². The largest absolute Gasteiger partial charge is 0.459 e. The van der Waals surface area contributed by atoms with Crippen LogP contribution in [0.1, 0.15) is 23.0 Å². The van der Waals surface area contributed by atoms with Crippen molar-refractivity contribution in [1.82, 2.24) is 9.97 Å². The number of rotatable bonds is 8. The lowest BCUT2D eigenvalue weighted by Crippen LogP contribution is -2.53. The molecule has 13 heteroatoms. The predicted molar refractivity (Wildman–Crippen MR) is 117 cm³/mol. The van der Waals surface area contributed by atoms with Crippen LogP contribution in [0.2, 0.25) is 0 Å². The molecule has 0 unspecified atom stereocenters. The molecule has 4 rings (SSSR count). The molecule has 2 aliphatic heterocycles. The summed E-state index contributed by atoms with van der Waals surface area (Å²) in [5, 5.41) is 2.56. The van der Waals surface area contributed by atoms with Crippen LogP contribution in [0.25, 0.3) is 0 Å². The lowest BCUT2D eigenvalue weighted by atomic mass is 9.73. The maximum Gasteiger partial charge on any atom is 0.283 e. The van der Waals surface area contributed by atoms with Crippen LogP contribution >= 0.6 is 0 Å². The highest BCUT2D eigenvalue weighted by atomic mass is 19.1. The quantitative estimate of drug-likeness (QED) is 0.570. The number of nitrogens with two attached hydrogens (primary N) is 1. The van der Waals surface area contributed by atoms with E-state index in [0.717, 1.165) is 18.5 Å². The second kappa shape index (κ2) is 10.0. The Kier molecular flexibility index (Phi) is 7.08. The van der Waals surface area contributed by atoms with Crippen LogP contribution in [0.5, 0.6) is 5.88 Å². The zero-order valence-corrected chi connectivity index (χ0v) is 18.9. The lowest BCUT2D eigenvalue weighted by molar-refractivity contribution is -0.0211. The topological polar surface area (TPSA) is 130 Å². The fraction of sp³-hybridized carbons (Fsp3) is 0.455. The molecule has 0 bridgehead atoms. The number of halogens is 3. The molecule has 0 saturated carbocycles. The number of aromatic nitrogens is 2. The Balaban J connectivity index is 1.69. The monoisotopic (exact) mass is 495 g/mol. The van der Waals surface area contributed by atoms with Crippen molar-refractivity contribution in [1.29, 1.82) is 0 Å². The van der Waals surface area contributed by atoms with Crippen LogP contribution in [0.15, 0.2) is 35.6 Å². The number of nitrogens with zero attached hydrogens (tertiary/aromatic N) is 3. The summed E-state index contributed by atoms with van der Waals surface area (Å²) in [7, 11) is 1.47. The number of amidine groups is 1. The molecule has 1 fully saturated rings. The number of carbonyl (C=O) groups is 1. The Labute approximate surface area is 198 Å². The fourth-order valence-electron chi connectivity index (χ4n) is 4.56. The molecular weight excluding hydrogens is 471 g/mol. The molecule has 35 heavy (non-hydrogen) atoms. The van der Waals surface area contributed by atoms with Gasteiger partial charge in [-0.2, -0.15) is 0 Å².